The van der Waals surface area contributed by atoms with Gasteiger partial charge in [0.2, 0.25) is 0 Å². The minimum atomic E-state index is 0.751. The molecule has 1 N–H and O–H groups in total. The van der Waals surface area contributed by atoms with Gasteiger partial charge < -0.3 is 14.2 Å². The third-order valence-corrected chi connectivity index (χ3v) is 3.60. The summed E-state index contributed by atoms with van der Waals surface area (Å²) in [6.45, 7) is 7.46. The van der Waals surface area contributed by atoms with Crippen molar-refractivity contribution in [3.8, 4) is 0 Å². The zero-order valence-electron chi connectivity index (χ0n) is 12.0. The molecule has 3 heterocycles. The third kappa shape index (κ3) is 2.20. The highest BCUT2D eigenvalue weighted by molar-refractivity contribution is 5.42. The molecule has 0 saturated heterocycles. The molecule has 0 aliphatic heterocycles. The number of nitrogens with zero attached hydrogens (tertiary/aromatic N) is 3. The molecule has 3 aromatic heterocycles. The lowest BCUT2D eigenvalue weighted by molar-refractivity contribution is 0.392. The van der Waals surface area contributed by atoms with Crippen LogP contribution >= 0.6 is 0 Å². The van der Waals surface area contributed by atoms with Crippen LogP contribution in [0.3, 0.4) is 0 Å². The largest absolute Gasteiger partial charge is 0.361 e. The molecule has 0 saturated carbocycles. The summed E-state index contributed by atoms with van der Waals surface area (Å²) in [5.41, 5.74) is 5.32. The number of hydrogen-bond acceptors (Lipinski definition) is 4. The third-order valence-electron chi connectivity index (χ3n) is 3.60. The quantitative estimate of drug-likeness (QED) is 0.791. The maximum atomic E-state index is 5.17. The molecule has 5 heteroatoms. The van der Waals surface area contributed by atoms with E-state index in [0.717, 1.165) is 41.4 Å². The average molecular weight is 270 g/mol. The van der Waals surface area contributed by atoms with Crippen molar-refractivity contribution in [2.24, 2.45) is 0 Å². The van der Waals surface area contributed by atoms with Gasteiger partial charge in [-0.05, 0) is 32.9 Å². The van der Waals surface area contributed by atoms with Crippen LogP contribution in [0, 0.1) is 20.8 Å². The molecule has 0 bridgehead atoms. The first-order chi connectivity index (χ1) is 9.66. The molecule has 0 atom stereocenters. The fraction of sp³-hybridized carbons (Fsp3) is 0.333. The molecular weight excluding hydrogens is 252 g/mol. The molecule has 0 unspecified atom stereocenters. The lowest BCUT2D eigenvalue weighted by atomic mass is 10.2. The van der Waals surface area contributed by atoms with Crippen molar-refractivity contribution >= 4 is 5.65 Å². The van der Waals surface area contributed by atoms with Crippen LogP contribution in [0.1, 0.15) is 28.4 Å². The first-order valence-corrected chi connectivity index (χ1v) is 6.72. The van der Waals surface area contributed by atoms with Gasteiger partial charge in [-0.25, -0.2) is 4.98 Å². The Morgan fingerprint density at radius 1 is 1.15 bits per heavy atom. The fourth-order valence-electron chi connectivity index (χ4n) is 2.44. The standard InChI is InChI=1S/C15H18N4O/c1-10-13(12(3)20-18-10)8-16-9-14-11(2)17-15-6-4-5-7-19(14)15/h4-7,16H,8-9H2,1-3H3. The van der Waals surface area contributed by atoms with Gasteiger partial charge in [0.1, 0.15) is 11.4 Å². The predicted molar refractivity (Wildman–Crippen MR) is 76.4 cm³/mol. The van der Waals surface area contributed by atoms with E-state index in [-0.39, 0.29) is 0 Å². The molecule has 3 rings (SSSR count). The van der Waals surface area contributed by atoms with E-state index in [9.17, 15) is 0 Å². The topological polar surface area (TPSA) is 55.4 Å². The number of aromatic nitrogens is 3. The van der Waals surface area contributed by atoms with Gasteiger partial charge in [0, 0.05) is 24.8 Å². The van der Waals surface area contributed by atoms with Gasteiger partial charge >= 0.3 is 0 Å². The highest BCUT2D eigenvalue weighted by Crippen LogP contribution is 2.14. The van der Waals surface area contributed by atoms with Crippen LogP contribution in [0.25, 0.3) is 5.65 Å². The number of pyridine rings is 1. The Morgan fingerprint density at radius 3 is 2.75 bits per heavy atom. The normalized spacial score (nSPS) is 11.3. The first kappa shape index (κ1) is 12.9. The van der Waals surface area contributed by atoms with Crippen LogP contribution in [0.5, 0.6) is 0 Å². The molecule has 0 radical (unpaired) electrons. The van der Waals surface area contributed by atoms with Gasteiger partial charge in [0.15, 0.2) is 0 Å². The van der Waals surface area contributed by atoms with E-state index < -0.39 is 0 Å². The molecule has 0 amide bonds. The number of aryl methyl sites for hydroxylation is 3. The van der Waals surface area contributed by atoms with Gasteiger partial charge in [-0.3, -0.25) is 0 Å². The lowest BCUT2D eigenvalue weighted by Gasteiger charge is -2.05. The highest BCUT2D eigenvalue weighted by atomic mass is 16.5. The summed E-state index contributed by atoms with van der Waals surface area (Å²) >= 11 is 0. The van der Waals surface area contributed by atoms with Crippen LogP contribution in [0.2, 0.25) is 0 Å². The molecule has 3 aromatic rings. The summed E-state index contributed by atoms with van der Waals surface area (Å²) in [5, 5.41) is 7.41. The van der Waals surface area contributed by atoms with Gasteiger partial charge in [0.25, 0.3) is 0 Å². The first-order valence-electron chi connectivity index (χ1n) is 6.72. The van der Waals surface area contributed by atoms with Crippen molar-refractivity contribution in [1.82, 2.24) is 19.9 Å². The van der Waals surface area contributed by atoms with Crippen LogP contribution < -0.4 is 5.32 Å². The van der Waals surface area contributed by atoms with E-state index >= 15 is 0 Å². The van der Waals surface area contributed by atoms with Crippen molar-refractivity contribution in [1.29, 1.82) is 0 Å². The summed E-state index contributed by atoms with van der Waals surface area (Å²) in [6.07, 6.45) is 2.04. The van der Waals surface area contributed by atoms with Gasteiger partial charge in [-0.15, -0.1) is 0 Å². The highest BCUT2D eigenvalue weighted by Gasteiger charge is 2.10. The van der Waals surface area contributed by atoms with Crippen molar-refractivity contribution in [2.75, 3.05) is 0 Å². The molecule has 0 fully saturated rings. The Morgan fingerprint density at radius 2 is 2.00 bits per heavy atom. The van der Waals surface area contributed by atoms with E-state index in [2.05, 4.69) is 19.9 Å². The van der Waals surface area contributed by atoms with Crippen LogP contribution in [0.15, 0.2) is 28.9 Å². The Labute approximate surface area is 117 Å². The summed E-state index contributed by atoms with van der Waals surface area (Å²) < 4.78 is 7.29. The maximum Gasteiger partial charge on any atom is 0.138 e. The predicted octanol–water partition coefficient (Wildman–Crippen LogP) is 2.54. The minimum absolute atomic E-state index is 0.751. The number of rotatable bonds is 4. The summed E-state index contributed by atoms with van der Waals surface area (Å²) in [7, 11) is 0. The summed E-state index contributed by atoms with van der Waals surface area (Å²) in [6, 6.07) is 6.04. The van der Waals surface area contributed by atoms with Gasteiger partial charge in [0.05, 0.1) is 17.1 Å². The van der Waals surface area contributed by atoms with Crippen molar-refractivity contribution in [3.63, 3.8) is 0 Å². The molecular formula is C15H18N4O. The Kier molecular flexibility index (Phi) is 3.28. The van der Waals surface area contributed by atoms with E-state index in [4.69, 9.17) is 4.52 Å². The van der Waals surface area contributed by atoms with Crippen molar-refractivity contribution in [3.05, 3.63) is 52.8 Å². The Hall–Kier alpha value is -2.14. The monoisotopic (exact) mass is 270 g/mol. The number of fused-ring (bicyclic) bond motifs is 1. The molecule has 0 aromatic carbocycles. The summed E-state index contributed by atoms with van der Waals surface area (Å²) in [4.78, 5) is 4.56. The number of hydrogen-bond donors (Lipinski definition) is 1. The lowest BCUT2D eigenvalue weighted by Crippen LogP contribution is -2.15. The van der Waals surface area contributed by atoms with E-state index in [1.807, 2.05) is 45.2 Å². The maximum absolute atomic E-state index is 5.17. The summed E-state index contributed by atoms with van der Waals surface area (Å²) in [5.74, 6) is 0.880. The SMILES string of the molecule is Cc1noc(C)c1CNCc1c(C)nc2ccccn12. The van der Waals surface area contributed by atoms with Crippen LogP contribution in [-0.2, 0) is 13.1 Å². The van der Waals surface area contributed by atoms with Crippen molar-refractivity contribution in [2.45, 2.75) is 33.9 Å². The second kappa shape index (κ2) is 5.09. The van der Waals surface area contributed by atoms with E-state index in [1.165, 1.54) is 5.69 Å². The zero-order chi connectivity index (χ0) is 14.1. The Bertz CT molecular complexity index is 722. The van der Waals surface area contributed by atoms with E-state index in [0.29, 0.717) is 0 Å². The molecule has 0 aliphatic rings. The Balaban J connectivity index is 1.76. The molecule has 5 nitrogen and oxygen atoms in total. The van der Waals surface area contributed by atoms with Crippen LogP contribution in [-0.4, -0.2) is 14.5 Å². The van der Waals surface area contributed by atoms with Gasteiger partial charge in [-0.1, -0.05) is 11.2 Å². The average Bonchev–Trinajstić information content (AvgIpc) is 2.92. The minimum Gasteiger partial charge on any atom is -0.361 e. The molecule has 0 aliphatic carbocycles. The zero-order valence-corrected chi connectivity index (χ0v) is 12.0. The smallest absolute Gasteiger partial charge is 0.138 e. The van der Waals surface area contributed by atoms with E-state index in [1.54, 1.807) is 0 Å². The second-order valence-corrected chi connectivity index (χ2v) is 4.98. The molecule has 0 spiro atoms. The molecule has 104 valence electrons. The fourth-order valence-corrected chi connectivity index (χ4v) is 2.44. The van der Waals surface area contributed by atoms with Crippen molar-refractivity contribution < 1.29 is 4.52 Å². The van der Waals surface area contributed by atoms with Crippen LogP contribution in [0.4, 0.5) is 0 Å². The molecule has 20 heavy (non-hydrogen) atoms. The number of nitrogens with one attached hydrogen (secondary N) is 1. The van der Waals surface area contributed by atoms with Gasteiger partial charge in [-0.2, -0.15) is 0 Å². The number of imidazole rings is 1. The second-order valence-electron chi connectivity index (χ2n) is 4.98.